The van der Waals surface area contributed by atoms with E-state index < -0.39 is 9.84 Å². The lowest BCUT2D eigenvalue weighted by Gasteiger charge is -2.36. The van der Waals surface area contributed by atoms with Gasteiger partial charge in [0.15, 0.2) is 15.5 Å². The van der Waals surface area contributed by atoms with Crippen molar-refractivity contribution in [3.05, 3.63) is 71.9 Å². The molecule has 39 heavy (non-hydrogen) atoms. The molecule has 0 aliphatic carbocycles. The molecular weight excluding hydrogens is 514 g/mol. The molecule has 0 saturated carbocycles. The summed E-state index contributed by atoms with van der Waals surface area (Å²) in [6.07, 6.45) is 0.492. The van der Waals surface area contributed by atoms with Crippen LogP contribution in [0.15, 0.2) is 60.7 Å². The number of rotatable bonds is 5. The Morgan fingerprint density at radius 1 is 1.00 bits per heavy atom. The van der Waals surface area contributed by atoms with Crippen LogP contribution in [-0.2, 0) is 9.84 Å². The normalized spacial score (nSPS) is 19.0. The summed E-state index contributed by atoms with van der Waals surface area (Å²) in [4.78, 5) is 23.1. The van der Waals surface area contributed by atoms with Crippen LogP contribution >= 0.6 is 0 Å². The van der Waals surface area contributed by atoms with Crippen LogP contribution in [0, 0.1) is 6.92 Å². The molecule has 202 valence electrons. The maximum atomic E-state index is 14.0. The molecule has 0 bridgehead atoms. The molecule has 4 heterocycles. The minimum absolute atomic E-state index is 0.0388. The summed E-state index contributed by atoms with van der Waals surface area (Å²) >= 11 is 0. The van der Waals surface area contributed by atoms with Gasteiger partial charge < -0.3 is 14.5 Å². The molecule has 4 aromatic rings. The molecule has 2 aromatic heterocycles. The predicted octanol–water partition coefficient (Wildman–Crippen LogP) is 3.74. The van der Waals surface area contributed by atoms with E-state index in [0.717, 1.165) is 30.1 Å². The summed E-state index contributed by atoms with van der Waals surface area (Å²) in [5.41, 5.74) is 4.47. The first-order valence-electron chi connectivity index (χ1n) is 13.2. The Morgan fingerprint density at radius 3 is 2.36 bits per heavy atom. The van der Waals surface area contributed by atoms with Crippen molar-refractivity contribution in [3.63, 3.8) is 0 Å². The second-order valence-corrected chi connectivity index (χ2v) is 12.4. The Labute approximate surface area is 227 Å². The first-order chi connectivity index (χ1) is 18.8. The van der Waals surface area contributed by atoms with Crippen molar-refractivity contribution >= 4 is 32.5 Å². The smallest absolute Gasteiger partial charge is 0.254 e. The first kappa shape index (κ1) is 25.4. The summed E-state index contributed by atoms with van der Waals surface area (Å²) < 4.78 is 31.5. The summed E-state index contributed by atoms with van der Waals surface area (Å²) in [5, 5.41) is 5.42. The van der Waals surface area contributed by atoms with Crippen molar-refractivity contribution in [2.45, 2.75) is 19.4 Å². The highest BCUT2D eigenvalue weighted by Crippen LogP contribution is 2.33. The number of ether oxygens (including phenoxy) is 1. The van der Waals surface area contributed by atoms with E-state index in [1.165, 1.54) is 0 Å². The van der Waals surface area contributed by atoms with Crippen LogP contribution in [0.1, 0.15) is 28.5 Å². The molecular formula is C29H31N5O4S. The molecule has 1 atom stereocenters. The Kier molecular flexibility index (Phi) is 6.50. The molecule has 0 N–H and O–H groups in total. The van der Waals surface area contributed by atoms with Crippen molar-refractivity contribution in [3.8, 4) is 17.0 Å². The number of carbonyl (C=O) groups is 1. The fraction of sp³-hybridized carbons (Fsp3) is 0.345. The van der Waals surface area contributed by atoms with Crippen molar-refractivity contribution in [2.24, 2.45) is 0 Å². The van der Waals surface area contributed by atoms with Crippen molar-refractivity contribution < 1.29 is 17.9 Å². The molecule has 1 amide bonds. The molecule has 2 aliphatic heterocycles. The number of anilines is 1. The number of amides is 1. The zero-order valence-corrected chi connectivity index (χ0v) is 22.9. The maximum absolute atomic E-state index is 14.0. The van der Waals surface area contributed by atoms with E-state index >= 15 is 0 Å². The molecule has 0 radical (unpaired) electrons. The van der Waals surface area contributed by atoms with Crippen LogP contribution in [0.5, 0.6) is 5.75 Å². The molecule has 1 unspecified atom stereocenters. The minimum atomic E-state index is -3.12. The van der Waals surface area contributed by atoms with E-state index in [9.17, 15) is 13.2 Å². The van der Waals surface area contributed by atoms with Gasteiger partial charge in [0.05, 0.1) is 47.0 Å². The molecule has 6 rings (SSSR count). The van der Waals surface area contributed by atoms with E-state index in [4.69, 9.17) is 14.8 Å². The third-order valence-electron chi connectivity index (χ3n) is 7.70. The molecule has 2 fully saturated rings. The second-order valence-electron chi connectivity index (χ2n) is 10.2. The summed E-state index contributed by atoms with van der Waals surface area (Å²) in [6, 6.07) is 19.3. The number of pyridine rings is 1. The maximum Gasteiger partial charge on any atom is 0.254 e. The van der Waals surface area contributed by atoms with Gasteiger partial charge in [0.2, 0.25) is 0 Å². The van der Waals surface area contributed by atoms with E-state index in [-0.39, 0.29) is 23.5 Å². The quantitative estimate of drug-likeness (QED) is 0.377. The van der Waals surface area contributed by atoms with Crippen LogP contribution in [-0.4, -0.2) is 78.8 Å². The predicted molar refractivity (Wildman–Crippen MR) is 151 cm³/mol. The Bertz CT molecular complexity index is 1630. The second kappa shape index (κ2) is 10.00. The van der Waals surface area contributed by atoms with E-state index in [1.807, 2.05) is 72.5 Å². The monoisotopic (exact) mass is 545 g/mol. The number of hydrogen-bond acceptors (Lipinski definition) is 7. The van der Waals surface area contributed by atoms with Crippen molar-refractivity contribution in [2.75, 3.05) is 49.7 Å². The van der Waals surface area contributed by atoms with Gasteiger partial charge in [0.1, 0.15) is 5.75 Å². The third-order valence-corrected chi connectivity index (χ3v) is 9.45. The topological polar surface area (TPSA) is 97.6 Å². The zero-order chi connectivity index (χ0) is 27.1. The molecule has 2 saturated heterocycles. The number of carbonyl (C=O) groups excluding carboxylic acids is 1. The number of nitrogens with zero attached hydrogens (tertiary/aromatic N) is 5. The van der Waals surface area contributed by atoms with Crippen molar-refractivity contribution in [1.82, 2.24) is 19.7 Å². The number of benzene rings is 2. The van der Waals surface area contributed by atoms with Gasteiger partial charge in [-0.2, -0.15) is 5.10 Å². The lowest BCUT2D eigenvalue weighted by molar-refractivity contribution is 0.0748. The van der Waals surface area contributed by atoms with Gasteiger partial charge in [-0.15, -0.1) is 0 Å². The molecule has 9 nitrogen and oxygen atoms in total. The Morgan fingerprint density at radius 2 is 1.72 bits per heavy atom. The number of methoxy groups -OCH3 is 1. The van der Waals surface area contributed by atoms with Gasteiger partial charge >= 0.3 is 0 Å². The largest absolute Gasteiger partial charge is 0.497 e. The van der Waals surface area contributed by atoms with Crippen LogP contribution in [0.3, 0.4) is 0 Å². The minimum Gasteiger partial charge on any atom is -0.497 e. The van der Waals surface area contributed by atoms with Gasteiger partial charge in [-0.25, -0.2) is 18.1 Å². The van der Waals surface area contributed by atoms with Gasteiger partial charge in [-0.3, -0.25) is 4.79 Å². The highest BCUT2D eigenvalue weighted by molar-refractivity contribution is 7.91. The highest BCUT2D eigenvalue weighted by Gasteiger charge is 2.33. The summed E-state index contributed by atoms with van der Waals surface area (Å²) in [7, 11) is -1.46. The average Bonchev–Trinajstić information content (AvgIpc) is 3.51. The molecule has 10 heteroatoms. The summed E-state index contributed by atoms with van der Waals surface area (Å²) in [6.45, 7) is 4.48. The standard InChI is InChI=1S/C29H31N5O4S/c1-20-27-25(29(35)33-15-13-32(14-16-33)22-8-10-24(38-2)11-9-22)18-26(21-6-4-3-5-7-21)30-28(27)34(31-20)23-12-17-39(36,37)19-23/h3-11,18,23H,12-17,19H2,1-2H3. The van der Waals surface area contributed by atoms with Crippen LogP contribution in [0.4, 0.5) is 5.69 Å². The van der Waals surface area contributed by atoms with E-state index in [1.54, 1.807) is 11.8 Å². The third kappa shape index (κ3) is 4.85. The molecule has 2 aromatic carbocycles. The zero-order valence-electron chi connectivity index (χ0n) is 22.1. The fourth-order valence-corrected chi connectivity index (χ4v) is 7.28. The van der Waals surface area contributed by atoms with Crippen LogP contribution < -0.4 is 9.64 Å². The van der Waals surface area contributed by atoms with Crippen molar-refractivity contribution in [1.29, 1.82) is 0 Å². The molecule has 2 aliphatic rings. The highest BCUT2D eigenvalue weighted by atomic mass is 32.2. The number of aromatic nitrogens is 3. The number of fused-ring (bicyclic) bond motifs is 1. The van der Waals surface area contributed by atoms with Gasteiger partial charge in [-0.05, 0) is 43.7 Å². The van der Waals surface area contributed by atoms with E-state index in [2.05, 4.69) is 4.90 Å². The first-order valence-corrected chi connectivity index (χ1v) is 15.0. The Hall–Kier alpha value is -3.92. The van der Waals surface area contributed by atoms with Crippen LogP contribution in [0.25, 0.3) is 22.3 Å². The van der Waals surface area contributed by atoms with Gasteiger partial charge in [-0.1, -0.05) is 30.3 Å². The fourth-order valence-electron chi connectivity index (χ4n) is 5.59. The molecule has 0 spiro atoms. The SMILES string of the molecule is COc1ccc(N2CCN(C(=O)c3cc(-c4ccccc4)nc4c3c(C)nn4C3CCS(=O)(=O)C3)CC2)cc1. The Balaban J connectivity index is 1.35. The lowest BCUT2D eigenvalue weighted by Crippen LogP contribution is -2.48. The average molecular weight is 546 g/mol. The number of hydrogen-bond donors (Lipinski definition) is 0. The van der Waals surface area contributed by atoms with E-state index in [0.29, 0.717) is 47.5 Å². The van der Waals surface area contributed by atoms with Gasteiger partial charge in [0.25, 0.3) is 5.91 Å². The van der Waals surface area contributed by atoms with Gasteiger partial charge in [0, 0.05) is 37.4 Å². The number of sulfone groups is 1. The lowest BCUT2D eigenvalue weighted by atomic mass is 10.0. The van der Waals surface area contributed by atoms with Crippen LogP contribution in [0.2, 0.25) is 0 Å². The summed E-state index contributed by atoms with van der Waals surface area (Å²) in [5.74, 6) is 0.933. The number of piperazine rings is 1. The number of aryl methyl sites for hydroxylation is 1.